The summed E-state index contributed by atoms with van der Waals surface area (Å²) in [6.07, 6.45) is 1.05. The predicted octanol–water partition coefficient (Wildman–Crippen LogP) is 3.56. The molecule has 0 spiro atoms. The fourth-order valence-corrected chi connectivity index (χ4v) is 1.53. The van der Waals surface area contributed by atoms with Gasteiger partial charge in [-0.15, -0.1) is 0 Å². The van der Waals surface area contributed by atoms with Crippen LogP contribution in [0.15, 0.2) is 24.3 Å². The van der Waals surface area contributed by atoms with Gasteiger partial charge in [0.1, 0.15) is 0 Å². The number of rotatable bonds is 5. The van der Waals surface area contributed by atoms with Crippen LogP contribution in [0.4, 0.5) is 0 Å². The van der Waals surface area contributed by atoms with Crippen molar-refractivity contribution in [1.82, 2.24) is 0 Å². The minimum Gasteiger partial charge on any atom is -0.381 e. The summed E-state index contributed by atoms with van der Waals surface area (Å²) in [5, 5.41) is 0.797. The lowest BCUT2D eigenvalue weighted by Crippen LogP contribution is -2.08. The molecule has 0 heterocycles. The summed E-state index contributed by atoms with van der Waals surface area (Å²) in [6.45, 7) is 5.85. The van der Waals surface area contributed by atoms with Gasteiger partial charge in [0.25, 0.3) is 0 Å². The molecule has 0 aromatic heterocycles. The van der Waals surface area contributed by atoms with E-state index >= 15 is 0 Å². The second-order valence-corrected chi connectivity index (χ2v) is 4.03. The molecule has 1 unspecified atom stereocenters. The van der Waals surface area contributed by atoms with Crippen LogP contribution in [0.25, 0.3) is 0 Å². The molecule has 0 aliphatic carbocycles. The zero-order chi connectivity index (χ0) is 10.4. The predicted molar refractivity (Wildman–Crippen MR) is 60.8 cm³/mol. The highest BCUT2D eigenvalue weighted by molar-refractivity contribution is 6.30. The minimum atomic E-state index is 0.566. The van der Waals surface area contributed by atoms with E-state index in [9.17, 15) is 0 Å². The topological polar surface area (TPSA) is 9.23 Å². The molecule has 0 saturated heterocycles. The first-order chi connectivity index (χ1) is 6.72. The van der Waals surface area contributed by atoms with Crippen LogP contribution in [-0.4, -0.2) is 13.2 Å². The lowest BCUT2D eigenvalue weighted by Gasteiger charge is -2.10. The van der Waals surface area contributed by atoms with Gasteiger partial charge >= 0.3 is 0 Å². The standard InChI is InChI=1S/C12H17ClO/c1-3-14-9-10(2)8-11-4-6-12(13)7-5-11/h4-7,10H,3,8-9H2,1-2H3. The van der Waals surface area contributed by atoms with E-state index in [0.717, 1.165) is 24.7 Å². The summed E-state index contributed by atoms with van der Waals surface area (Å²) in [5.41, 5.74) is 1.32. The Morgan fingerprint density at radius 2 is 1.93 bits per heavy atom. The van der Waals surface area contributed by atoms with Gasteiger partial charge in [0.2, 0.25) is 0 Å². The van der Waals surface area contributed by atoms with Gasteiger partial charge in [-0.1, -0.05) is 30.7 Å². The molecule has 0 saturated carbocycles. The van der Waals surface area contributed by atoms with Gasteiger partial charge in [-0.2, -0.15) is 0 Å². The highest BCUT2D eigenvalue weighted by atomic mass is 35.5. The molecule has 1 rings (SSSR count). The molecular weight excluding hydrogens is 196 g/mol. The fourth-order valence-electron chi connectivity index (χ4n) is 1.40. The van der Waals surface area contributed by atoms with Crippen molar-refractivity contribution in [3.63, 3.8) is 0 Å². The van der Waals surface area contributed by atoms with E-state index in [1.54, 1.807) is 0 Å². The molecule has 0 radical (unpaired) electrons. The molecule has 78 valence electrons. The molecule has 1 nitrogen and oxygen atoms in total. The summed E-state index contributed by atoms with van der Waals surface area (Å²) in [7, 11) is 0. The van der Waals surface area contributed by atoms with Crippen LogP contribution in [0.1, 0.15) is 19.4 Å². The highest BCUT2D eigenvalue weighted by Gasteiger charge is 2.03. The van der Waals surface area contributed by atoms with Crippen LogP contribution >= 0.6 is 11.6 Å². The first-order valence-corrected chi connectivity index (χ1v) is 5.42. The van der Waals surface area contributed by atoms with Crippen molar-refractivity contribution >= 4 is 11.6 Å². The van der Waals surface area contributed by atoms with Crippen molar-refractivity contribution in [3.8, 4) is 0 Å². The average Bonchev–Trinajstić information content (AvgIpc) is 2.18. The van der Waals surface area contributed by atoms with Crippen molar-refractivity contribution < 1.29 is 4.74 Å². The Morgan fingerprint density at radius 3 is 2.50 bits per heavy atom. The lowest BCUT2D eigenvalue weighted by atomic mass is 10.0. The van der Waals surface area contributed by atoms with E-state index in [1.807, 2.05) is 19.1 Å². The summed E-state index contributed by atoms with van der Waals surface area (Å²) < 4.78 is 5.37. The molecule has 1 atom stereocenters. The third kappa shape index (κ3) is 4.12. The lowest BCUT2D eigenvalue weighted by molar-refractivity contribution is 0.116. The number of ether oxygens (including phenoxy) is 1. The maximum atomic E-state index is 5.81. The van der Waals surface area contributed by atoms with E-state index in [0.29, 0.717) is 5.92 Å². The monoisotopic (exact) mass is 212 g/mol. The van der Waals surface area contributed by atoms with E-state index in [4.69, 9.17) is 16.3 Å². The molecule has 0 amide bonds. The van der Waals surface area contributed by atoms with Crippen LogP contribution < -0.4 is 0 Å². The quantitative estimate of drug-likeness (QED) is 0.726. The Balaban J connectivity index is 2.39. The van der Waals surface area contributed by atoms with Crippen LogP contribution in [-0.2, 0) is 11.2 Å². The summed E-state index contributed by atoms with van der Waals surface area (Å²) in [4.78, 5) is 0. The highest BCUT2D eigenvalue weighted by Crippen LogP contribution is 2.13. The summed E-state index contributed by atoms with van der Waals surface area (Å²) >= 11 is 5.81. The Kier molecular flexibility index (Phi) is 4.99. The van der Waals surface area contributed by atoms with E-state index < -0.39 is 0 Å². The molecule has 0 N–H and O–H groups in total. The van der Waals surface area contributed by atoms with Gasteiger partial charge in [0.15, 0.2) is 0 Å². The van der Waals surface area contributed by atoms with Crippen molar-refractivity contribution in [2.45, 2.75) is 20.3 Å². The van der Waals surface area contributed by atoms with Crippen LogP contribution in [0.3, 0.4) is 0 Å². The van der Waals surface area contributed by atoms with Gasteiger partial charge < -0.3 is 4.74 Å². The van der Waals surface area contributed by atoms with Crippen molar-refractivity contribution in [1.29, 1.82) is 0 Å². The molecule has 1 aromatic rings. The third-order valence-corrected chi connectivity index (χ3v) is 2.36. The number of hydrogen-bond acceptors (Lipinski definition) is 1. The Bertz CT molecular complexity index is 256. The summed E-state index contributed by atoms with van der Waals surface area (Å²) in [6, 6.07) is 8.02. The molecule has 14 heavy (non-hydrogen) atoms. The van der Waals surface area contributed by atoms with E-state index in [-0.39, 0.29) is 0 Å². The number of benzene rings is 1. The van der Waals surface area contributed by atoms with Crippen LogP contribution in [0, 0.1) is 5.92 Å². The molecule has 0 aliphatic rings. The fraction of sp³-hybridized carbons (Fsp3) is 0.500. The first-order valence-electron chi connectivity index (χ1n) is 5.04. The molecular formula is C12H17ClO. The van der Waals surface area contributed by atoms with Crippen LogP contribution in [0.5, 0.6) is 0 Å². The van der Waals surface area contributed by atoms with Gasteiger partial charge in [-0.25, -0.2) is 0 Å². The molecule has 2 heteroatoms. The first kappa shape index (κ1) is 11.5. The van der Waals surface area contributed by atoms with E-state index in [1.165, 1.54) is 5.56 Å². The Morgan fingerprint density at radius 1 is 1.29 bits per heavy atom. The molecule has 0 bridgehead atoms. The zero-order valence-corrected chi connectivity index (χ0v) is 9.55. The smallest absolute Gasteiger partial charge is 0.0494 e. The molecule has 1 aromatic carbocycles. The zero-order valence-electron chi connectivity index (χ0n) is 8.79. The largest absolute Gasteiger partial charge is 0.381 e. The summed E-state index contributed by atoms with van der Waals surface area (Å²) in [5.74, 6) is 0.566. The number of hydrogen-bond donors (Lipinski definition) is 0. The second-order valence-electron chi connectivity index (χ2n) is 3.60. The van der Waals surface area contributed by atoms with E-state index in [2.05, 4.69) is 19.1 Å². The molecule has 0 fully saturated rings. The van der Waals surface area contributed by atoms with Crippen molar-refractivity contribution in [3.05, 3.63) is 34.9 Å². The van der Waals surface area contributed by atoms with Crippen molar-refractivity contribution in [2.24, 2.45) is 5.92 Å². The maximum absolute atomic E-state index is 5.81. The third-order valence-electron chi connectivity index (χ3n) is 2.10. The SMILES string of the molecule is CCOCC(C)Cc1ccc(Cl)cc1. The van der Waals surface area contributed by atoms with Crippen LogP contribution in [0.2, 0.25) is 5.02 Å². The van der Waals surface area contributed by atoms with Gasteiger partial charge in [-0.3, -0.25) is 0 Å². The second kappa shape index (κ2) is 6.05. The normalized spacial score (nSPS) is 12.8. The minimum absolute atomic E-state index is 0.566. The Labute approximate surface area is 91.0 Å². The van der Waals surface area contributed by atoms with Gasteiger partial charge in [0, 0.05) is 18.2 Å². The molecule has 0 aliphatic heterocycles. The Hall–Kier alpha value is -0.530. The number of halogens is 1. The van der Waals surface area contributed by atoms with Crippen molar-refractivity contribution in [2.75, 3.05) is 13.2 Å². The van der Waals surface area contributed by atoms with Gasteiger partial charge in [0.05, 0.1) is 0 Å². The van der Waals surface area contributed by atoms with Gasteiger partial charge in [-0.05, 0) is 37.0 Å². The maximum Gasteiger partial charge on any atom is 0.0494 e. The average molecular weight is 213 g/mol.